The van der Waals surface area contributed by atoms with E-state index in [2.05, 4.69) is 5.32 Å². The van der Waals surface area contributed by atoms with Crippen molar-refractivity contribution >= 4 is 33.8 Å². The number of methoxy groups -OCH3 is 1. The van der Waals surface area contributed by atoms with Crippen LogP contribution in [0.2, 0.25) is 0 Å². The molecule has 1 aromatic carbocycles. The highest BCUT2D eigenvalue weighted by molar-refractivity contribution is 7.91. The molecule has 0 fully saturated rings. The summed E-state index contributed by atoms with van der Waals surface area (Å²) in [6.07, 6.45) is 0. The van der Waals surface area contributed by atoms with E-state index >= 15 is 0 Å². The summed E-state index contributed by atoms with van der Waals surface area (Å²) in [5.41, 5.74) is 6.77. The van der Waals surface area contributed by atoms with Crippen LogP contribution < -0.4 is 11.1 Å². The fourth-order valence-corrected chi connectivity index (χ4v) is 2.61. The first-order valence-electron chi connectivity index (χ1n) is 6.62. The van der Waals surface area contributed by atoms with Crippen LogP contribution in [0.4, 0.5) is 5.69 Å². The lowest BCUT2D eigenvalue weighted by Crippen LogP contribution is -2.39. The van der Waals surface area contributed by atoms with Crippen LogP contribution in [0, 0.1) is 0 Å². The minimum atomic E-state index is -3.18. The number of anilines is 1. The van der Waals surface area contributed by atoms with Gasteiger partial charge in [0.1, 0.15) is 6.04 Å². The molecule has 0 aliphatic carbocycles. The standard InChI is InChI=1S/C14H22N2O4S.ClH/c1-10(2)21(18,19)9-11-5-4-6-12(7-11)16-14(17)13(15)8-20-3;/h4-7,10,13H,8-9,15H2,1-3H3,(H,16,17);1H. The Morgan fingerprint density at radius 1 is 1.36 bits per heavy atom. The third-order valence-electron chi connectivity index (χ3n) is 2.96. The quantitative estimate of drug-likeness (QED) is 0.773. The number of hydrogen-bond acceptors (Lipinski definition) is 5. The maximum absolute atomic E-state index is 11.9. The second kappa shape index (κ2) is 9.09. The van der Waals surface area contributed by atoms with Crippen LogP contribution in [0.5, 0.6) is 0 Å². The van der Waals surface area contributed by atoms with E-state index in [1.165, 1.54) is 7.11 Å². The number of hydrogen-bond donors (Lipinski definition) is 2. The summed E-state index contributed by atoms with van der Waals surface area (Å²) < 4.78 is 28.6. The summed E-state index contributed by atoms with van der Waals surface area (Å²) in [4.78, 5) is 11.8. The average Bonchev–Trinajstić information content (AvgIpc) is 2.38. The number of carbonyl (C=O) groups excluding carboxylic acids is 1. The van der Waals surface area contributed by atoms with Crippen LogP contribution in [-0.2, 0) is 25.1 Å². The molecule has 0 saturated heterocycles. The van der Waals surface area contributed by atoms with Gasteiger partial charge in [0.25, 0.3) is 0 Å². The van der Waals surface area contributed by atoms with Gasteiger partial charge in [0.2, 0.25) is 5.91 Å². The molecular weight excluding hydrogens is 328 g/mol. The molecule has 0 radical (unpaired) electrons. The molecule has 0 aromatic heterocycles. The molecule has 6 nitrogen and oxygen atoms in total. The summed E-state index contributed by atoms with van der Waals surface area (Å²) in [6.45, 7) is 3.41. The average molecular weight is 351 g/mol. The van der Waals surface area contributed by atoms with Crippen molar-refractivity contribution in [2.45, 2.75) is 30.9 Å². The molecular formula is C14H23ClN2O4S. The molecule has 126 valence electrons. The second-order valence-corrected chi connectivity index (χ2v) is 7.66. The predicted molar refractivity (Wildman–Crippen MR) is 89.9 cm³/mol. The number of carbonyl (C=O) groups is 1. The molecule has 0 spiro atoms. The Morgan fingerprint density at radius 3 is 2.55 bits per heavy atom. The number of amides is 1. The molecule has 0 aliphatic rings. The van der Waals surface area contributed by atoms with Gasteiger partial charge < -0.3 is 15.8 Å². The molecule has 1 atom stereocenters. The summed E-state index contributed by atoms with van der Waals surface area (Å²) in [5.74, 6) is -0.431. The van der Waals surface area contributed by atoms with Crippen LogP contribution >= 0.6 is 12.4 Å². The number of nitrogens with two attached hydrogens (primary N) is 1. The van der Waals surface area contributed by atoms with E-state index in [9.17, 15) is 13.2 Å². The monoisotopic (exact) mass is 350 g/mol. The zero-order chi connectivity index (χ0) is 16.0. The van der Waals surface area contributed by atoms with Crippen LogP contribution in [0.25, 0.3) is 0 Å². The van der Waals surface area contributed by atoms with E-state index in [1.807, 2.05) is 0 Å². The Morgan fingerprint density at radius 2 is 2.00 bits per heavy atom. The molecule has 1 rings (SSSR count). The Bertz CT molecular complexity index is 590. The van der Waals surface area contributed by atoms with E-state index in [0.717, 1.165) is 0 Å². The van der Waals surface area contributed by atoms with Crippen molar-refractivity contribution in [2.24, 2.45) is 5.73 Å². The summed E-state index contributed by atoms with van der Waals surface area (Å²) in [6, 6.07) is 5.96. The zero-order valence-corrected chi connectivity index (χ0v) is 14.5. The first-order chi connectivity index (χ1) is 9.76. The lowest BCUT2D eigenvalue weighted by atomic mass is 10.2. The van der Waals surface area contributed by atoms with E-state index in [4.69, 9.17) is 10.5 Å². The first-order valence-corrected chi connectivity index (χ1v) is 8.33. The van der Waals surface area contributed by atoms with Gasteiger partial charge in [-0.1, -0.05) is 12.1 Å². The molecule has 8 heteroatoms. The molecule has 0 aliphatic heterocycles. The van der Waals surface area contributed by atoms with E-state index in [0.29, 0.717) is 11.3 Å². The maximum Gasteiger partial charge on any atom is 0.243 e. The van der Waals surface area contributed by atoms with E-state index < -0.39 is 21.1 Å². The summed E-state index contributed by atoms with van der Waals surface area (Å²) in [7, 11) is -1.72. The van der Waals surface area contributed by atoms with Gasteiger partial charge in [-0.2, -0.15) is 0 Å². The second-order valence-electron chi connectivity index (χ2n) is 5.11. The number of halogens is 1. The number of sulfone groups is 1. The molecule has 1 aromatic rings. The summed E-state index contributed by atoms with van der Waals surface area (Å²) >= 11 is 0. The smallest absolute Gasteiger partial charge is 0.243 e. The first kappa shape index (κ1) is 20.9. The van der Waals surface area contributed by atoms with E-state index in [-0.39, 0.29) is 30.7 Å². The van der Waals surface area contributed by atoms with Gasteiger partial charge in [0, 0.05) is 12.8 Å². The van der Waals surface area contributed by atoms with Gasteiger partial charge in [-0.25, -0.2) is 8.42 Å². The van der Waals surface area contributed by atoms with Crippen molar-refractivity contribution in [1.82, 2.24) is 0 Å². The van der Waals surface area contributed by atoms with Crippen molar-refractivity contribution in [3.63, 3.8) is 0 Å². The topological polar surface area (TPSA) is 98.5 Å². The fraction of sp³-hybridized carbons (Fsp3) is 0.500. The number of ether oxygens (including phenoxy) is 1. The van der Waals surface area contributed by atoms with Crippen LogP contribution in [0.15, 0.2) is 24.3 Å². The highest BCUT2D eigenvalue weighted by atomic mass is 35.5. The Labute approximate surface area is 137 Å². The highest BCUT2D eigenvalue weighted by Crippen LogP contribution is 2.16. The predicted octanol–water partition coefficient (Wildman–Crippen LogP) is 1.34. The van der Waals surface area contributed by atoms with Crippen molar-refractivity contribution in [1.29, 1.82) is 0 Å². The van der Waals surface area contributed by atoms with Gasteiger partial charge in [-0.15, -0.1) is 12.4 Å². The van der Waals surface area contributed by atoms with Crippen molar-refractivity contribution in [3.05, 3.63) is 29.8 Å². The SMILES string of the molecule is COCC(N)C(=O)Nc1cccc(CS(=O)(=O)C(C)C)c1.Cl. The van der Waals surface area contributed by atoms with Crippen LogP contribution in [0.1, 0.15) is 19.4 Å². The molecule has 0 heterocycles. The van der Waals surface area contributed by atoms with Crippen LogP contribution in [0.3, 0.4) is 0 Å². The minimum Gasteiger partial charge on any atom is -0.383 e. The Kier molecular flexibility index (Phi) is 8.62. The Hall–Kier alpha value is -1.15. The largest absolute Gasteiger partial charge is 0.383 e. The minimum absolute atomic E-state index is 0. The van der Waals surface area contributed by atoms with Crippen molar-refractivity contribution in [3.8, 4) is 0 Å². The third kappa shape index (κ3) is 6.31. The van der Waals surface area contributed by atoms with E-state index in [1.54, 1.807) is 38.1 Å². The molecule has 1 amide bonds. The van der Waals surface area contributed by atoms with Gasteiger partial charge in [0.05, 0.1) is 17.6 Å². The highest BCUT2D eigenvalue weighted by Gasteiger charge is 2.17. The molecule has 0 bridgehead atoms. The van der Waals surface area contributed by atoms with Gasteiger partial charge >= 0.3 is 0 Å². The van der Waals surface area contributed by atoms with Crippen LogP contribution in [-0.4, -0.2) is 39.3 Å². The number of benzene rings is 1. The van der Waals surface area contributed by atoms with Crippen molar-refractivity contribution in [2.75, 3.05) is 19.0 Å². The Balaban J connectivity index is 0.00000441. The normalized spacial score (nSPS) is 12.6. The maximum atomic E-state index is 11.9. The summed E-state index contributed by atoms with van der Waals surface area (Å²) in [5, 5.41) is 2.20. The fourth-order valence-electron chi connectivity index (χ4n) is 1.63. The third-order valence-corrected chi connectivity index (χ3v) is 5.14. The lowest BCUT2D eigenvalue weighted by molar-refractivity contribution is -0.118. The zero-order valence-electron chi connectivity index (χ0n) is 12.9. The van der Waals surface area contributed by atoms with Crippen molar-refractivity contribution < 1.29 is 17.9 Å². The number of rotatable bonds is 7. The lowest BCUT2D eigenvalue weighted by Gasteiger charge is -2.12. The molecule has 22 heavy (non-hydrogen) atoms. The molecule has 1 unspecified atom stereocenters. The van der Waals surface area contributed by atoms with Gasteiger partial charge in [-0.05, 0) is 31.5 Å². The van der Waals surface area contributed by atoms with Gasteiger partial charge in [-0.3, -0.25) is 4.79 Å². The van der Waals surface area contributed by atoms with Gasteiger partial charge in [0.15, 0.2) is 9.84 Å². The molecule has 0 saturated carbocycles. The number of nitrogens with one attached hydrogen (secondary N) is 1. The molecule has 3 N–H and O–H groups in total.